The quantitative estimate of drug-likeness (QED) is 0.563. The highest BCUT2D eigenvalue weighted by atomic mass is 35.5. The Balaban J connectivity index is 2.21. The lowest BCUT2D eigenvalue weighted by molar-refractivity contribution is -0.604. The Bertz CT molecular complexity index is 926. The Morgan fingerprint density at radius 1 is 0.643 bits per heavy atom. The number of anilines is 2. The molecule has 0 saturated heterocycles. The van der Waals surface area contributed by atoms with Crippen molar-refractivity contribution >= 4 is 57.5 Å². The zero-order valence-electron chi connectivity index (χ0n) is 16.0. The molecular weight excluding hydrogens is 399 g/mol. The number of nitrogens with zero attached hydrogens (tertiary/aromatic N) is 4. The largest absolute Gasteiger partial charge is 0.377 e. The minimum Gasteiger partial charge on any atom is -0.377 e. The maximum absolute atomic E-state index is 12.9. The van der Waals surface area contributed by atoms with Gasteiger partial charge in [-0.1, -0.05) is 23.2 Å². The first-order valence-electron chi connectivity index (χ1n) is 8.49. The highest BCUT2D eigenvalue weighted by molar-refractivity contribution is 6.64. The number of carbonyl (C=O) groups is 2. The molecule has 0 radical (unpaired) electrons. The van der Waals surface area contributed by atoms with Crippen LogP contribution in [-0.2, 0) is 9.59 Å². The molecule has 0 unspecified atom stereocenters. The van der Waals surface area contributed by atoms with E-state index in [1.807, 2.05) is 62.3 Å². The van der Waals surface area contributed by atoms with Gasteiger partial charge in [0.1, 0.15) is 10.1 Å². The predicted octanol–water partition coefficient (Wildman–Crippen LogP) is 2.06. The Labute approximate surface area is 173 Å². The third kappa shape index (κ3) is 3.53. The van der Waals surface area contributed by atoms with E-state index in [1.54, 1.807) is 33.9 Å². The standard InChI is InChI=1S/C20H20Cl2N4O2/c1-23(2)13-5-9-25(10-6-13)17-18(20(28)16(22)15(21)19(17)27)26-11-7-14(8-12-26)24(3)4/h5-12H,1-4H3/q+2. The average molecular weight is 419 g/mol. The van der Waals surface area contributed by atoms with E-state index in [1.165, 1.54) is 0 Å². The molecule has 28 heavy (non-hydrogen) atoms. The third-order valence-corrected chi connectivity index (χ3v) is 5.24. The number of hydrogen-bond donors (Lipinski definition) is 0. The van der Waals surface area contributed by atoms with E-state index in [0.717, 1.165) is 11.4 Å². The van der Waals surface area contributed by atoms with Crippen LogP contribution in [0.1, 0.15) is 0 Å². The molecule has 0 amide bonds. The monoisotopic (exact) mass is 418 g/mol. The minimum atomic E-state index is -0.506. The van der Waals surface area contributed by atoms with Crippen LogP contribution < -0.4 is 18.9 Å². The summed E-state index contributed by atoms with van der Waals surface area (Å²) in [5, 5.41) is -0.555. The van der Waals surface area contributed by atoms with Crippen LogP contribution in [0.4, 0.5) is 11.4 Å². The number of aromatic nitrogens is 2. The first-order chi connectivity index (χ1) is 13.2. The van der Waals surface area contributed by atoms with Crippen molar-refractivity contribution in [2.75, 3.05) is 38.0 Å². The second-order valence-electron chi connectivity index (χ2n) is 6.70. The number of halogens is 2. The molecule has 0 aliphatic heterocycles. The van der Waals surface area contributed by atoms with Crippen LogP contribution in [0.25, 0.3) is 11.4 Å². The fourth-order valence-corrected chi connectivity index (χ4v) is 3.18. The van der Waals surface area contributed by atoms with Gasteiger partial charge in [-0.15, -0.1) is 0 Å². The highest BCUT2D eigenvalue weighted by Gasteiger charge is 2.45. The van der Waals surface area contributed by atoms with Crippen LogP contribution in [-0.4, -0.2) is 39.8 Å². The lowest BCUT2D eigenvalue weighted by atomic mass is 10.0. The fourth-order valence-electron chi connectivity index (χ4n) is 2.83. The summed E-state index contributed by atoms with van der Waals surface area (Å²) in [5.74, 6) is -1.01. The van der Waals surface area contributed by atoms with Gasteiger partial charge in [0.05, 0.1) is 0 Å². The number of ketones is 2. The van der Waals surface area contributed by atoms with E-state index in [9.17, 15) is 9.59 Å². The van der Waals surface area contributed by atoms with Crippen molar-refractivity contribution in [1.82, 2.24) is 0 Å². The molecule has 0 saturated carbocycles. The minimum absolute atomic E-state index is 0.146. The molecule has 1 aliphatic rings. The molecule has 8 heteroatoms. The van der Waals surface area contributed by atoms with Crippen molar-refractivity contribution in [2.45, 2.75) is 0 Å². The summed E-state index contributed by atoms with van der Waals surface area (Å²) in [6, 6.07) is 7.37. The van der Waals surface area contributed by atoms with Gasteiger partial charge in [0.2, 0.25) is 0 Å². The van der Waals surface area contributed by atoms with Gasteiger partial charge in [-0.25, -0.2) is 0 Å². The van der Waals surface area contributed by atoms with Crippen LogP contribution in [0.3, 0.4) is 0 Å². The average Bonchev–Trinajstić information content (AvgIpc) is 2.69. The molecule has 144 valence electrons. The van der Waals surface area contributed by atoms with E-state index < -0.39 is 11.6 Å². The second kappa shape index (κ2) is 7.73. The normalized spacial score (nSPS) is 14.6. The van der Waals surface area contributed by atoms with Gasteiger partial charge < -0.3 is 9.80 Å². The number of pyridine rings is 2. The van der Waals surface area contributed by atoms with Crippen molar-refractivity contribution in [3.05, 3.63) is 59.1 Å². The molecule has 0 atom stereocenters. The molecular formula is C20H20Cl2N4O2+2. The molecule has 0 N–H and O–H groups in total. The lowest BCUT2D eigenvalue weighted by Crippen LogP contribution is -2.47. The number of allylic oxidation sites excluding steroid dienone is 4. The van der Waals surface area contributed by atoms with E-state index in [4.69, 9.17) is 23.2 Å². The molecule has 6 nitrogen and oxygen atoms in total. The topological polar surface area (TPSA) is 48.4 Å². The van der Waals surface area contributed by atoms with Gasteiger partial charge in [-0.2, -0.15) is 9.13 Å². The first-order valence-corrected chi connectivity index (χ1v) is 9.25. The summed E-state index contributed by atoms with van der Waals surface area (Å²) in [6.45, 7) is 0. The summed E-state index contributed by atoms with van der Waals surface area (Å²) < 4.78 is 3.17. The summed E-state index contributed by atoms with van der Waals surface area (Å²) in [7, 11) is 7.67. The maximum atomic E-state index is 12.9. The Kier molecular flexibility index (Phi) is 5.54. The Hall–Kier alpha value is -2.70. The van der Waals surface area contributed by atoms with Crippen LogP contribution in [0.5, 0.6) is 0 Å². The fraction of sp³-hybridized carbons (Fsp3) is 0.200. The van der Waals surface area contributed by atoms with Crippen LogP contribution >= 0.6 is 23.2 Å². The van der Waals surface area contributed by atoms with Crippen molar-refractivity contribution in [3.8, 4) is 0 Å². The SMILES string of the molecule is CN(C)c1cc[n+](C2=C([n+]3ccc(N(C)C)cc3)C(=O)C(Cl)=C(Cl)C2=O)cc1. The van der Waals surface area contributed by atoms with Crippen LogP contribution in [0.2, 0.25) is 0 Å². The number of Topliss-reactive ketones (excluding diaryl/α,β-unsaturated/α-hetero) is 2. The van der Waals surface area contributed by atoms with Crippen molar-refractivity contribution in [3.63, 3.8) is 0 Å². The van der Waals surface area contributed by atoms with E-state index in [2.05, 4.69) is 0 Å². The number of rotatable bonds is 4. The maximum Gasteiger partial charge on any atom is 0.336 e. The van der Waals surface area contributed by atoms with Crippen molar-refractivity contribution in [1.29, 1.82) is 0 Å². The zero-order chi connectivity index (χ0) is 20.6. The van der Waals surface area contributed by atoms with E-state index in [-0.39, 0.29) is 21.5 Å². The zero-order valence-corrected chi connectivity index (χ0v) is 17.5. The molecule has 3 rings (SSSR count). The smallest absolute Gasteiger partial charge is 0.336 e. The van der Waals surface area contributed by atoms with Crippen LogP contribution in [0, 0.1) is 0 Å². The molecule has 0 fully saturated rings. The van der Waals surface area contributed by atoms with Gasteiger partial charge in [-0.3, -0.25) is 9.59 Å². The van der Waals surface area contributed by atoms with Gasteiger partial charge >= 0.3 is 11.4 Å². The molecule has 2 aromatic heterocycles. The molecule has 2 heterocycles. The summed E-state index contributed by atoms with van der Waals surface area (Å²) >= 11 is 12.1. The van der Waals surface area contributed by atoms with E-state index in [0.29, 0.717) is 0 Å². The van der Waals surface area contributed by atoms with Gasteiger partial charge in [0.15, 0.2) is 24.8 Å². The summed E-state index contributed by atoms with van der Waals surface area (Å²) in [4.78, 5) is 29.7. The van der Waals surface area contributed by atoms with Gasteiger partial charge in [-0.05, 0) is 0 Å². The first kappa shape index (κ1) is 20.0. The Morgan fingerprint density at radius 2 is 0.929 bits per heavy atom. The van der Waals surface area contributed by atoms with Crippen molar-refractivity contribution < 1.29 is 18.7 Å². The number of carbonyl (C=O) groups excluding carboxylic acids is 2. The molecule has 0 spiro atoms. The van der Waals surface area contributed by atoms with E-state index >= 15 is 0 Å². The van der Waals surface area contributed by atoms with Gasteiger partial charge in [0, 0.05) is 63.8 Å². The third-order valence-electron chi connectivity index (χ3n) is 4.42. The van der Waals surface area contributed by atoms with Gasteiger partial charge in [0.25, 0.3) is 11.6 Å². The molecule has 0 bridgehead atoms. The van der Waals surface area contributed by atoms with Crippen molar-refractivity contribution in [2.24, 2.45) is 0 Å². The molecule has 1 aliphatic carbocycles. The summed E-state index contributed by atoms with van der Waals surface area (Å²) in [5.41, 5.74) is 2.20. The lowest BCUT2D eigenvalue weighted by Gasteiger charge is -2.13. The Morgan fingerprint density at radius 3 is 1.18 bits per heavy atom. The van der Waals surface area contributed by atoms with Crippen LogP contribution in [0.15, 0.2) is 59.1 Å². The highest BCUT2D eigenvalue weighted by Crippen LogP contribution is 2.29. The predicted molar refractivity (Wildman–Crippen MR) is 110 cm³/mol. The second-order valence-corrected chi connectivity index (χ2v) is 7.46. The molecule has 0 aromatic carbocycles. The summed E-state index contributed by atoms with van der Waals surface area (Å²) in [6.07, 6.45) is 6.87. The number of hydrogen-bond acceptors (Lipinski definition) is 4. The molecule has 2 aromatic rings.